The van der Waals surface area contributed by atoms with Crippen LogP contribution in [0.15, 0.2) is 39.3 Å². The Morgan fingerprint density at radius 2 is 1.67 bits per heavy atom. The highest BCUT2D eigenvalue weighted by atomic mass is 79.9. The molecule has 2 aromatic rings. The van der Waals surface area contributed by atoms with Gasteiger partial charge in [-0.3, -0.25) is 0 Å². The fraction of sp³-hybridized carbons (Fsp3) is 0.0909. The third kappa shape index (κ3) is 2.71. The highest BCUT2D eigenvalue weighted by molar-refractivity contribution is 9.11. The molecule has 0 aliphatic rings. The Morgan fingerprint density at radius 3 is 2.33 bits per heavy atom. The van der Waals surface area contributed by atoms with Gasteiger partial charge in [-0.2, -0.15) is 0 Å². The largest absolute Gasteiger partial charge is 0.507 e. The van der Waals surface area contributed by atoms with E-state index >= 15 is 0 Å². The topological polar surface area (TPSA) is 40.5 Å². The van der Waals surface area contributed by atoms with Crippen molar-refractivity contribution in [2.45, 2.75) is 0 Å². The molecule has 0 unspecified atom stereocenters. The Morgan fingerprint density at radius 1 is 1.00 bits per heavy atom. The predicted octanol–water partition coefficient (Wildman–Crippen LogP) is 3.68. The molecule has 0 atom stereocenters. The van der Waals surface area contributed by atoms with E-state index in [1.807, 2.05) is 24.3 Å². The first kappa shape index (κ1) is 12.5. The zero-order valence-electron chi connectivity index (χ0n) is 8.04. The van der Waals surface area contributed by atoms with Crippen LogP contribution >= 0.6 is 31.9 Å². The summed E-state index contributed by atoms with van der Waals surface area (Å²) in [4.78, 5) is 0. The standard InChI is InChI=1S/C10H6Br2O.CH4O/c11-7-2-3-8-6(5-7)1-4-9(13)10(8)12;1-2/h1-5,13H;2H,1H3. The molecule has 0 fully saturated rings. The van der Waals surface area contributed by atoms with Gasteiger partial charge in [-0.1, -0.05) is 28.1 Å². The SMILES string of the molecule is CO.Oc1ccc2cc(Br)ccc2c1Br. The Hall–Kier alpha value is -0.580. The molecule has 0 aromatic heterocycles. The molecule has 15 heavy (non-hydrogen) atoms. The quantitative estimate of drug-likeness (QED) is 0.772. The molecule has 2 N–H and O–H groups in total. The molecule has 0 saturated carbocycles. The number of aromatic hydroxyl groups is 1. The number of aliphatic hydroxyl groups is 1. The molecule has 0 aliphatic carbocycles. The van der Waals surface area contributed by atoms with Crippen LogP contribution in [0.1, 0.15) is 0 Å². The van der Waals surface area contributed by atoms with Crippen LogP contribution in [0.25, 0.3) is 10.8 Å². The van der Waals surface area contributed by atoms with Gasteiger partial charge in [-0.15, -0.1) is 0 Å². The molecule has 80 valence electrons. The van der Waals surface area contributed by atoms with E-state index in [1.54, 1.807) is 6.07 Å². The fourth-order valence-corrected chi connectivity index (χ4v) is 2.12. The van der Waals surface area contributed by atoms with Crippen LogP contribution in [0, 0.1) is 0 Å². The van der Waals surface area contributed by atoms with Crippen LogP contribution in [0.3, 0.4) is 0 Å². The molecule has 0 heterocycles. The second-order valence-corrected chi connectivity index (χ2v) is 4.47. The van der Waals surface area contributed by atoms with Crippen molar-refractivity contribution in [2.75, 3.05) is 7.11 Å². The van der Waals surface area contributed by atoms with Gasteiger partial charge in [0.05, 0.1) is 4.47 Å². The fourth-order valence-electron chi connectivity index (χ4n) is 1.25. The Balaban J connectivity index is 0.000000531. The summed E-state index contributed by atoms with van der Waals surface area (Å²) in [6, 6.07) is 9.49. The van der Waals surface area contributed by atoms with Crippen LogP contribution < -0.4 is 0 Å². The first-order chi connectivity index (χ1) is 7.18. The predicted molar refractivity (Wildman–Crippen MR) is 69.2 cm³/mol. The van der Waals surface area contributed by atoms with Gasteiger partial charge in [0, 0.05) is 11.6 Å². The zero-order valence-corrected chi connectivity index (χ0v) is 11.2. The highest BCUT2D eigenvalue weighted by Gasteiger charge is 2.03. The Kier molecular flexibility index (Phi) is 4.57. The second kappa shape index (κ2) is 5.49. The summed E-state index contributed by atoms with van der Waals surface area (Å²) in [6.45, 7) is 0. The third-order valence-corrected chi connectivity index (χ3v) is 3.22. The molecule has 2 aromatic carbocycles. The summed E-state index contributed by atoms with van der Waals surface area (Å²) >= 11 is 6.74. The normalized spacial score (nSPS) is 9.60. The number of rotatable bonds is 0. The number of hydrogen-bond donors (Lipinski definition) is 2. The van der Waals surface area contributed by atoms with Crippen LogP contribution in [0.4, 0.5) is 0 Å². The number of benzene rings is 2. The van der Waals surface area contributed by atoms with Crippen LogP contribution in [-0.4, -0.2) is 17.3 Å². The summed E-state index contributed by atoms with van der Waals surface area (Å²) in [5.74, 6) is 0.273. The first-order valence-corrected chi connectivity index (χ1v) is 5.78. The van der Waals surface area contributed by atoms with Crippen molar-refractivity contribution in [3.05, 3.63) is 39.3 Å². The van der Waals surface area contributed by atoms with E-state index in [0.717, 1.165) is 26.8 Å². The van der Waals surface area contributed by atoms with Crippen molar-refractivity contribution < 1.29 is 10.2 Å². The number of halogens is 2. The number of phenolic OH excluding ortho intramolecular Hbond substituents is 1. The van der Waals surface area contributed by atoms with E-state index in [2.05, 4.69) is 31.9 Å². The first-order valence-electron chi connectivity index (χ1n) is 4.20. The maximum absolute atomic E-state index is 9.43. The molecule has 0 amide bonds. The van der Waals surface area contributed by atoms with Gasteiger partial charge >= 0.3 is 0 Å². The molecule has 2 nitrogen and oxygen atoms in total. The zero-order chi connectivity index (χ0) is 11.4. The number of aliphatic hydroxyl groups excluding tert-OH is 1. The van der Waals surface area contributed by atoms with Crippen molar-refractivity contribution >= 4 is 42.6 Å². The summed E-state index contributed by atoms with van der Waals surface area (Å²) in [5.41, 5.74) is 0. The van der Waals surface area contributed by atoms with E-state index in [9.17, 15) is 5.11 Å². The lowest BCUT2D eigenvalue weighted by atomic mass is 10.1. The molecule has 0 saturated heterocycles. The highest BCUT2D eigenvalue weighted by Crippen LogP contribution is 2.33. The molecule has 0 spiro atoms. The van der Waals surface area contributed by atoms with E-state index in [-0.39, 0.29) is 5.75 Å². The maximum atomic E-state index is 9.43. The van der Waals surface area contributed by atoms with E-state index < -0.39 is 0 Å². The second-order valence-electron chi connectivity index (χ2n) is 2.76. The van der Waals surface area contributed by atoms with E-state index in [4.69, 9.17) is 5.11 Å². The molecule has 0 bridgehead atoms. The Labute approximate surface area is 105 Å². The van der Waals surface area contributed by atoms with Crippen LogP contribution in [0.2, 0.25) is 0 Å². The van der Waals surface area contributed by atoms with Gasteiger partial charge in [-0.25, -0.2) is 0 Å². The summed E-state index contributed by atoms with van der Waals surface area (Å²) < 4.78 is 1.79. The summed E-state index contributed by atoms with van der Waals surface area (Å²) in [7, 11) is 1.00. The van der Waals surface area contributed by atoms with Crippen molar-refractivity contribution in [2.24, 2.45) is 0 Å². The maximum Gasteiger partial charge on any atom is 0.130 e. The van der Waals surface area contributed by atoms with Gasteiger partial charge in [0.1, 0.15) is 5.75 Å². The molecule has 2 rings (SSSR count). The molecular formula is C11H10Br2O2. The van der Waals surface area contributed by atoms with E-state index in [0.29, 0.717) is 0 Å². The molecule has 0 aliphatic heterocycles. The number of phenols is 1. The van der Waals surface area contributed by atoms with Crippen molar-refractivity contribution in [1.82, 2.24) is 0 Å². The van der Waals surface area contributed by atoms with Gasteiger partial charge < -0.3 is 10.2 Å². The number of fused-ring (bicyclic) bond motifs is 1. The molecular weight excluding hydrogens is 324 g/mol. The minimum atomic E-state index is 0.273. The average Bonchev–Trinajstić information content (AvgIpc) is 2.26. The van der Waals surface area contributed by atoms with Gasteiger partial charge in [-0.05, 0) is 44.9 Å². The minimum Gasteiger partial charge on any atom is -0.507 e. The third-order valence-electron chi connectivity index (χ3n) is 1.90. The van der Waals surface area contributed by atoms with Crippen molar-refractivity contribution in [1.29, 1.82) is 0 Å². The smallest absolute Gasteiger partial charge is 0.130 e. The van der Waals surface area contributed by atoms with Crippen LogP contribution in [-0.2, 0) is 0 Å². The van der Waals surface area contributed by atoms with Crippen molar-refractivity contribution in [3.8, 4) is 5.75 Å². The van der Waals surface area contributed by atoms with Gasteiger partial charge in [0.25, 0.3) is 0 Å². The van der Waals surface area contributed by atoms with Gasteiger partial charge in [0.2, 0.25) is 0 Å². The summed E-state index contributed by atoms with van der Waals surface area (Å²) in [6.07, 6.45) is 0. The van der Waals surface area contributed by atoms with Crippen molar-refractivity contribution in [3.63, 3.8) is 0 Å². The average molecular weight is 334 g/mol. The lowest BCUT2D eigenvalue weighted by molar-refractivity contribution is 0.399. The van der Waals surface area contributed by atoms with Crippen LogP contribution in [0.5, 0.6) is 5.75 Å². The Bertz CT molecular complexity index is 469. The number of hydrogen-bond acceptors (Lipinski definition) is 2. The lowest BCUT2D eigenvalue weighted by Gasteiger charge is -2.02. The molecule has 0 radical (unpaired) electrons. The summed E-state index contributed by atoms with van der Waals surface area (Å²) in [5, 5.41) is 18.5. The molecule has 4 heteroatoms. The monoisotopic (exact) mass is 332 g/mol. The lowest BCUT2D eigenvalue weighted by Crippen LogP contribution is -1.75. The van der Waals surface area contributed by atoms with Gasteiger partial charge in [0.15, 0.2) is 0 Å². The minimum absolute atomic E-state index is 0.273. The van der Waals surface area contributed by atoms with E-state index in [1.165, 1.54) is 0 Å².